The molecule has 3 rings (SSSR count). The number of sulfonamides is 1. The molecule has 3 aromatic carbocycles. The normalized spacial score (nSPS) is 12.1. The topological polar surface area (TPSA) is 96.9 Å². The zero-order chi connectivity index (χ0) is 25.4. The van der Waals surface area contributed by atoms with Crippen molar-refractivity contribution < 1.29 is 8.42 Å². The lowest BCUT2D eigenvalue weighted by atomic mass is 10.2. The second-order valence-corrected chi connectivity index (χ2v) is 10.8. The molecule has 0 radical (unpaired) electrons. The van der Waals surface area contributed by atoms with Crippen molar-refractivity contribution in [1.82, 2.24) is 5.43 Å². The average molecular weight is 546 g/mol. The van der Waals surface area contributed by atoms with Gasteiger partial charge in [-0.05, 0) is 67.3 Å². The summed E-state index contributed by atoms with van der Waals surface area (Å²) in [6, 6.07) is 19.8. The number of thioether (sulfide) groups is 1. The van der Waals surface area contributed by atoms with Crippen LogP contribution in [0.3, 0.4) is 0 Å². The monoisotopic (exact) mass is 544 g/mol. The van der Waals surface area contributed by atoms with Crippen molar-refractivity contribution >= 4 is 56.7 Å². The van der Waals surface area contributed by atoms with Crippen molar-refractivity contribution in [3.8, 4) is 11.8 Å². The van der Waals surface area contributed by atoms with Gasteiger partial charge in [-0.2, -0.15) is 13.5 Å². The first kappa shape index (κ1) is 26.6. The van der Waals surface area contributed by atoms with E-state index in [4.69, 9.17) is 28.9 Å². The lowest BCUT2D eigenvalue weighted by Crippen LogP contribution is -2.29. The van der Waals surface area contributed by atoms with Crippen molar-refractivity contribution in [1.29, 1.82) is 0 Å². The van der Waals surface area contributed by atoms with E-state index >= 15 is 0 Å². The smallest absolute Gasteiger partial charge is 0.286 e. The van der Waals surface area contributed by atoms with Gasteiger partial charge in [0, 0.05) is 26.3 Å². The summed E-state index contributed by atoms with van der Waals surface area (Å²) in [7, 11) is -4.15. The quantitative estimate of drug-likeness (QED) is 0.138. The SMILES string of the molecule is C/C(C#Cc1ccccc1)=N\N/C(N)=N/S(=O)(=O)c1cc(C)c(Cl)cc1SCc1ccc(Cl)cc1. The highest BCUT2D eigenvalue weighted by atomic mass is 35.5. The van der Waals surface area contributed by atoms with Crippen LogP contribution in [0.4, 0.5) is 0 Å². The number of hydrogen-bond acceptors (Lipinski definition) is 4. The molecule has 3 N–H and O–H groups in total. The summed E-state index contributed by atoms with van der Waals surface area (Å²) in [5.74, 6) is 5.94. The summed E-state index contributed by atoms with van der Waals surface area (Å²) < 4.78 is 29.9. The minimum Gasteiger partial charge on any atom is -0.368 e. The molecule has 0 aromatic heterocycles. The van der Waals surface area contributed by atoms with Crippen LogP contribution in [0, 0.1) is 18.8 Å². The van der Waals surface area contributed by atoms with Gasteiger partial charge in [-0.3, -0.25) is 0 Å². The average Bonchev–Trinajstić information content (AvgIpc) is 2.83. The number of aryl methyl sites for hydroxylation is 1. The third-order valence-electron chi connectivity index (χ3n) is 4.53. The van der Waals surface area contributed by atoms with Crippen molar-refractivity contribution in [2.24, 2.45) is 15.2 Å². The molecular weight excluding hydrogens is 523 g/mol. The van der Waals surface area contributed by atoms with Crippen LogP contribution in [0.15, 0.2) is 86.0 Å². The van der Waals surface area contributed by atoms with Crippen LogP contribution in [0.2, 0.25) is 10.0 Å². The van der Waals surface area contributed by atoms with Gasteiger partial charge in [-0.25, -0.2) is 5.43 Å². The molecule has 0 aliphatic heterocycles. The van der Waals surface area contributed by atoms with Crippen LogP contribution in [-0.2, 0) is 15.8 Å². The molecule has 0 heterocycles. The van der Waals surface area contributed by atoms with Crippen LogP contribution in [0.1, 0.15) is 23.6 Å². The van der Waals surface area contributed by atoms with Crippen LogP contribution < -0.4 is 11.2 Å². The molecule has 0 spiro atoms. The molecule has 0 atom stereocenters. The fourth-order valence-electron chi connectivity index (χ4n) is 2.75. The molecule has 0 aliphatic carbocycles. The first-order valence-corrected chi connectivity index (χ1v) is 13.5. The molecule has 3 aromatic rings. The predicted molar refractivity (Wildman–Crippen MR) is 146 cm³/mol. The Kier molecular flexibility index (Phi) is 9.24. The van der Waals surface area contributed by atoms with Crippen LogP contribution in [0.25, 0.3) is 0 Å². The molecule has 0 saturated carbocycles. The molecule has 35 heavy (non-hydrogen) atoms. The van der Waals surface area contributed by atoms with E-state index in [1.54, 1.807) is 32.0 Å². The maximum absolute atomic E-state index is 13.1. The largest absolute Gasteiger partial charge is 0.368 e. The van der Waals surface area contributed by atoms with Gasteiger partial charge < -0.3 is 5.73 Å². The van der Waals surface area contributed by atoms with Crippen molar-refractivity contribution in [3.63, 3.8) is 0 Å². The van der Waals surface area contributed by atoms with Gasteiger partial charge in [0.15, 0.2) is 0 Å². The Morgan fingerprint density at radius 1 is 1.09 bits per heavy atom. The van der Waals surface area contributed by atoms with Crippen molar-refractivity contribution in [2.45, 2.75) is 29.4 Å². The second kappa shape index (κ2) is 12.1. The van der Waals surface area contributed by atoms with Crippen molar-refractivity contribution in [3.05, 3.63) is 93.5 Å². The molecule has 0 amide bonds. The highest BCUT2D eigenvalue weighted by molar-refractivity contribution is 7.99. The van der Waals surface area contributed by atoms with Gasteiger partial charge >= 0.3 is 0 Å². The molecule has 180 valence electrons. The first-order chi connectivity index (χ1) is 16.6. The van der Waals surface area contributed by atoms with E-state index in [-0.39, 0.29) is 10.9 Å². The first-order valence-electron chi connectivity index (χ1n) is 10.3. The van der Waals surface area contributed by atoms with Gasteiger partial charge in [-0.1, -0.05) is 59.5 Å². The zero-order valence-corrected chi connectivity index (χ0v) is 22.1. The van der Waals surface area contributed by atoms with Gasteiger partial charge in [0.25, 0.3) is 10.0 Å². The number of nitrogens with zero attached hydrogens (tertiary/aromatic N) is 2. The van der Waals surface area contributed by atoms with E-state index in [0.29, 0.717) is 32.0 Å². The summed E-state index contributed by atoms with van der Waals surface area (Å²) in [5.41, 5.74) is 11.1. The summed E-state index contributed by atoms with van der Waals surface area (Å²) in [6.45, 7) is 3.39. The summed E-state index contributed by atoms with van der Waals surface area (Å²) >= 11 is 13.5. The van der Waals surface area contributed by atoms with E-state index in [1.165, 1.54) is 17.8 Å². The van der Waals surface area contributed by atoms with Gasteiger partial charge in [0.2, 0.25) is 5.96 Å². The Bertz CT molecular complexity index is 1430. The molecule has 6 nitrogen and oxygen atoms in total. The Labute approximate surface area is 219 Å². The Balaban J connectivity index is 1.80. The number of hydrazone groups is 1. The summed E-state index contributed by atoms with van der Waals surface area (Å²) in [4.78, 5) is 0.466. The van der Waals surface area contributed by atoms with Gasteiger partial charge in [-0.15, -0.1) is 16.2 Å². The minimum absolute atomic E-state index is 0.00712. The lowest BCUT2D eigenvalue weighted by Gasteiger charge is -2.11. The molecule has 0 unspecified atom stereocenters. The molecule has 0 saturated heterocycles. The van der Waals surface area contributed by atoms with E-state index in [9.17, 15) is 8.42 Å². The molecule has 0 bridgehead atoms. The standard InChI is InChI=1S/C25H22Cl2N4O2S2/c1-17-14-24(23(15-22(17)27)34-16-20-10-12-21(26)13-11-20)35(32,33)31-25(28)30-29-18(2)8-9-19-6-4-3-5-7-19/h3-7,10-15H,16H2,1-2H3,(H3,28,30,31)/b29-18+. The van der Waals surface area contributed by atoms with E-state index in [2.05, 4.69) is 26.8 Å². The summed E-state index contributed by atoms with van der Waals surface area (Å²) in [6.07, 6.45) is 0. The third-order valence-corrected chi connectivity index (χ3v) is 7.77. The number of benzene rings is 3. The van der Waals surface area contributed by atoms with E-state index in [1.807, 2.05) is 42.5 Å². The third kappa shape index (κ3) is 8.05. The van der Waals surface area contributed by atoms with E-state index in [0.717, 1.165) is 11.1 Å². The lowest BCUT2D eigenvalue weighted by molar-refractivity contribution is 0.595. The molecular formula is C25H22Cl2N4O2S2. The Morgan fingerprint density at radius 2 is 1.77 bits per heavy atom. The Morgan fingerprint density at radius 3 is 2.46 bits per heavy atom. The maximum Gasteiger partial charge on any atom is 0.286 e. The molecule has 10 heteroatoms. The predicted octanol–water partition coefficient (Wildman–Crippen LogP) is 5.61. The zero-order valence-electron chi connectivity index (χ0n) is 18.9. The highest BCUT2D eigenvalue weighted by Crippen LogP contribution is 2.34. The number of guanidine groups is 1. The van der Waals surface area contributed by atoms with Crippen LogP contribution >= 0.6 is 35.0 Å². The number of halogens is 2. The number of rotatable bonds is 6. The minimum atomic E-state index is -4.15. The maximum atomic E-state index is 13.1. The fraction of sp³-hybridized carbons (Fsp3) is 0.120. The molecule has 0 fully saturated rings. The molecule has 0 aliphatic rings. The second-order valence-electron chi connectivity index (χ2n) is 7.34. The number of nitrogens with one attached hydrogen (secondary N) is 1. The number of nitrogens with two attached hydrogens (primary N) is 1. The van der Waals surface area contributed by atoms with Gasteiger partial charge in [0.1, 0.15) is 10.6 Å². The number of hydrogen-bond donors (Lipinski definition) is 2. The van der Waals surface area contributed by atoms with Crippen molar-refractivity contribution in [2.75, 3.05) is 0 Å². The fourth-order valence-corrected chi connectivity index (χ4v) is 5.55. The summed E-state index contributed by atoms with van der Waals surface area (Å²) in [5, 5.41) is 5.07. The van der Waals surface area contributed by atoms with Crippen LogP contribution in [0.5, 0.6) is 0 Å². The Hall–Kier alpha value is -2.96. The highest BCUT2D eigenvalue weighted by Gasteiger charge is 2.21. The van der Waals surface area contributed by atoms with E-state index < -0.39 is 10.0 Å². The van der Waals surface area contributed by atoms with Crippen LogP contribution in [-0.4, -0.2) is 20.1 Å². The van der Waals surface area contributed by atoms with Gasteiger partial charge in [0.05, 0.1) is 0 Å².